The Bertz CT molecular complexity index is 724. The summed E-state index contributed by atoms with van der Waals surface area (Å²) >= 11 is 0. The Morgan fingerprint density at radius 1 is 1.26 bits per heavy atom. The molecule has 0 saturated carbocycles. The molecule has 0 saturated heterocycles. The molecule has 96 valence electrons. The zero-order valence-electron chi connectivity index (χ0n) is 10.8. The van der Waals surface area contributed by atoms with Gasteiger partial charge >= 0.3 is 0 Å². The average Bonchev–Trinajstić information content (AvgIpc) is 2.95. The van der Waals surface area contributed by atoms with Gasteiger partial charge in [0.05, 0.1) is 11.8 Å². The Balaban J connectivity index is 1.89. The summed E-state index contributed by atoms with van der Waals surface area (Å²) in [7, 11) is 0. The number of benzene rings is 1. The molecule has 0 aliphatic carbocycles. The lowest BCUT2D eigenvalue weighted by molar-refractivity contribution is 0.102. The number of aromatic nitrogens is 1. The highest BCUT2D eigenvalue weighted by Gasteiger charge is 2.12. The summed E-state index contributed by atoms with van der Waals surface area (Å²) in [5, 5.41) is 2.91. The highest BCUT2D eigenvalue weighted by atomic mass is 16.3. The molecule has 0 radical (unpaired) electrons. The summed E-state index contributed by atoms with van der Waals surface area (Å²) in [6.45, 7) is 4.01. The predicted octanol–water partition coefficient (Wildman–Crippen LogP) is 3.63. The Labute approximate surface area is 110 Å². The van der Waals surface area contributed by atoms with Crippen LogP contribution in [-0.4, -0.2) is 10.9 Å². The maximum Gasteiger partial charge on any atom is 0.272 e. The van der Waals surface area contributed by atoms with E-state index in [0.717, 1.165) is 22.3 Å². The Kier molecular flexibility index (Phi) is 2.63. The number of H-pyrrole nitrogens is 1. The van der Waals surface area contributed by atoms with Gasteiger partial charge in [0.2, 0.25) is 0 Å². The number of nitrogens with one attached hydrogen (secondary N) is 2. The Morgan fingerprint density at radius 3 is 2.89 bits per heavy atom. The molecule has 19 heavy (non-hydrogen) atoms. The van der Waals surface area contributed by atoms with Crippen LogP contribution in [0.1, 0.15) is 21.6 Å². The molecule has 2 heterocycles. The van der Waals surface area contributed by atoms with E-state index in [-0.39, 0.29) is 5.91 Å². The first kappa shape index (κ1) is 11.6. The van der Waals surface area contributed by atoms with E-state index in [1.807, 2.05) is 32.0 Å². The smallest absolute Gasteiger partial charge is 0.272 e. The maximum atomic E-state index is 12.2. The van der Waals surface area contributed by atoms with E-state index >= 15 is 0 Å². The fourth-order valence-corrected chi connectivity index (χ4v) is 2.05. The second-order valence-electron chi connectivity index (χ2n) is 4.58. The van der Waals surface area contributed by atoms with Crippen LogP contribution < -0.4 is 5.32 Å². The molecule has 4 nitrogen and oxygen atoms in total. The van der Waals surface area contributed by atoms with Crippen LogP contribution in [0.15, 0.2) is 41.0 Å². The normalized spacial score (nSPS) is 10.8. The third kappa shape index (κ3) is 2.01. The van der Waals surface area contributed by atoms with Crippen LogP contribution in [0.2, 0.25) is 0 Å². The largest absolute Gasteiger partial charge is 0.463 e. The third-order valence-electron chi connectivity index (χ3n) is 3.34. The fourth-order valence-electron chi connectivity index (χ4n) is 2.05. The molecule has 0 atom stereocenters. The van der Waals surface area contributed by atoms with Crippen molar-refractivity contribution in [2.24, 2.45) is 0 Å². The van der Waals surface area contributed by atoms with Crippen molar-refractivity contribution in [1.29, 1.82) is 0 Å². The number of aryl methyl sites for hydroxylation is 1. The number of fused-ring (bicyclic) bond motifs is 1. The summed E-state index contributed by atoms with van der Waals surface area (Å²) < 4.78 is 5.23. The van der Waals surface area contributed by atoms with Crippen molar-refractivity contribution in [1.82, 2.24) is 4.98 Å². The number of rotatable bonds is 2. The molecule has 2 aromatic heterocycles. The fraction of sp³-hybridized carbons (Fsp3) is 0.133. The minimum Gasteiger partial charge on any atom is -0.463 e. The first-order chi connectivity index (χ1) is 9.15. The summed E-state index contributed by atoms with van der Waals surface area (Å²) in [6, 6.07) is 9.35. The molecule has 1 aromatic carbocycles. The van der Waals surface area contributed by atoms with Gasteiger partial charge in [-0.3, -0.25) is 4.79 Å². The molecular weight excluding hydrogens is 240 g/mol. The van der Waals surface area contributed by atoms with Gasteiger partial charge in [0.15, 0.2) is 5.58 Å². The van der Waals surface area contributed by atoms with E-state index in [1.165, 1.54) is 0 Å². The monoisotopic (exact) mass is 254 g/mol. The zero-order valence-corrected chi connectivity index (χ0v) is 10.8. The van der Waals surface area contributed by atoms with Crippen molar-refractivity contribution in [3.8, 4) is 0 Å². The second kappa shape index (κ2) is 4.31. The van der Waals surface area contributed by atoms with E-state index in [4.69, 9.17) is 4.42 Å². The number of anilines is 1. The number of aromatic amines is 1. The number of carbonyl (C=O) groups is 1. The molecule has 3 aromatic rings. The van der Waals surface area contributed by atoms with Gasteiger partial charge < -0.3 is 14.7 Å². The van der Waals surface area contributed by atoms with Crippen molar-refractivity contribution in [3.63, 3.8) is 0 Å². The van der Waals surface area contributed by atoms with Gasteiger partial charge in [0.25, 0.3) is 5.91 Å². The van der Waals surface area contributed by atoms with Crippen molar-refractivity contribution >= 4 is 22.7 Å². The van der Waals surface area contributed by atoms with Crippen LogP contribution >= 0.6 is 0 Å². The van der Waals surface area contributed by atoms with Crippen LogP contribution in [0.5, 0.6) is 0 Å². The Hall–Kier alpha value is -2.49. The molecule has 0 fully saturated rings. The number of furan rings is 1. The van der Waals surface area contributed by atoms with E-state index < -0.39 is 0 Å². The van der Waals surface area contributed by atoms with E-state index in [0.29, 0.717) is 11.3 Å². The van der Waals surface area contributed by atoms with Crippen LogP contribution in [0.4, 0.5) is 5.69 Å². The van der Waals surface area contributed by atoms with Crippen molar-refractivity contribution in [2.75, 3.05) is 5.32 Å². The minimum atomic E-state index is -0.167. The molecule has 0 unspecified atom stereocenters. The molecule has 1 amide bonds. The van der Waals surface area contributed by atoms with Gasteiger partial charge in [0.1, 0.15) is 5.69 Å². The molecule has 0 spiro atoms. The van der Waals surface area contributed by atoms with Crippen LogP contribution in [0, 0.1) is 13.8 Å². The number of carbonyl (C=O) groups excluding carboxylic acids is 1. The van der Waals surface area contributed by atoms with Crippen LogP contribution in [0.25, 0.3) is 11.1 Å². The Morgan fingerprint density at radius 2 is 2.11 bits per heavy atom. The highest BCUT2D eigenvalue weighted by molar-refractivity contribution is 6.05. The van der Waals surface area contributed by atoms with E-state index in [9.17, 15) is 4.79 Å². The lowest BCUT2D eigenvalue weighted by Gasteiger charge is -2.09. The quantitative estimate of drug-likeness (QED) is 0.733. The van der Waals surface area contributed by atoms with Crippen molar-refractivity contribution in [3.05, 3.63) is 53.4 Å². The third-order valence-corrected chi connectivity index (χ3v) is 3.34. The number of hydrogen-bond donors (Lipinski definition) is 2. The van der Waals surface area contributed by atoms with Gasteiger partial charge in [-0.1, -0.05) is 12.1 Å². The molecule has 0 aliphatic rings. The minimum absolute atomic E-state index is 0.167. The van der Waals surface area contributed by atoms with Gasteiger partial charge in [-0.25, -0.2) is 0 Å². The van der Waals surface area contributed by atoms with Gasteiger partial charge in [-0.15, -0.1) is 0 Å². The average molecular weight is 254 g/mol. The predicted molar refractivity (Wildman–Crippen MR) is 74.4 cm³/mol. The molecule has 4 heteroatoms. The summed E-state index contributed by atoms with van der Waals surface area (Å²) in [5.41, 5.74) is 5.06. The van der Waals surface area contributed by atoms with E-state index in [1.54, 1.807) is 18.4 Å². The molecule has 3 rings (SSSR count). The topological polar surface area (TPSA) is 58.0 Å². The lowest BCUT2D eigenvalue weighted by atomic mass is 10.1. The SMILES string of the molecule is Cc1cccc(NC(=O)c2cc3occc3[nH]2)c1C. The van der Waals surface area contributed by atoms with Gasteiger partial charge in [0, 0.05) is 17.8 Å². The van der Waals surface area contributed by atoms with Crippen molar-refractivity contribution in [2.45, 2.75) is 13.8 Å². The van der Waals surface area contributed by atoms with Crippen LogP contribution in [-0.2, 0) is 0 Å². The number of amides is 1. The number of hydrogen-bond acceptors (Lipinski definition) is 2. The summed E-state index contributed by atoms with van der Waals surface area (Å²) in [5.74, 6) is -0.167. The summed E-state index contributed by atoms with van der Waals surface area (Å²) in [4.78, 5) is 15.2. The maximum absolute atomic E-state index is 12.2. The molecule has 0 aliphatic heterocycles. The van der Waals surface area contributed by atoms with Gasteiger partial charge in [-0.2, -0.15) is 0 Å². The van der Waals surface area contributed by atoms with E-state index in [2.05, 4.69) is 10.3 Å². The second-order valence-corrected chi connectivity index (χ2v) is 4.58. The first-order valence-electron chi connectivity index (χ1n) is 6.09. The molecular formula is C15H14N2O2. The first-order valence-corrected chi connectivity index (χ1v) is 6.09. The molecule has 0 bridgehead atoms. The van der Waals surface area contributed by atoms with Gasteiger partial charge in [-0.05, 0) is 31.0 Å². The zero-order chi connectivity index (χ0) is 13.4. The molecule has 2 N–H and O–H groups in total. The van der Waals surface area contributed by atoms with Crippen LogP contribution in [0.3, 0.4) is 0 Å². The standard InChI is InChI=1S/C15H14N2O2/c1-9-4-3-5-11(10(9)2)17-15(18)13-8-14-12(16-13)6-7-19-14/h3-8,16H,1-2H3,(H,17,18). The van der Waals surface area contributed by atoms with Crippen molar-refractivity contribution < 1.29 is 9.21 Å². The highest BCUT2D eigenvalue weighted by Crippen LogP contribution is 2.20. The lowest BCUT2D eigenvalue weighted by Crippen LogP contribution is -2.13. The summed E-state index contributed by atoms with van der Waals surface area (Å²) in [6.07, 6.45) is 1.59.